The molecular weight excluding hydrogens is 312 g/mol. The lowest BCUT2D eigenvalue weighted by Crippen LogP contribution is -2.53. The third-order valence-electron chi connectivity index (χ3n) is 4.94. The van der Waals surface area contributed by atoms with E-state index in [9.17, 15) is 0 Å². The first-order valence-electron chi connectivity index (χ1n) is 9.55. The Hall–Kier alpha value is -1.82. The molecule has 25 heavy (non-hydrogen) atoms. The van der Waals surface area contributed by atoms with Gasteiger partial charge in [0.2, 0.25) is 0 Å². The normalized spacial score (nSPS) is 17.1. The lowest BCUT2D eigenvalue weighted by molar-refractivity contribution is 0.258. The molecule has 0 spiro atoms. The molecule has 0 bridgehead atoms. The van der Waals surface area contributed by atoms with Crippen LogP contribution in [0.3, 0.4) is 0 Å². The van der Waals surface area contributed by atoms with Crippen molar-refractivity contribution in [2.75, 3.05) is 57.8 Å². The van der Waals surface area contributed by atoms with Crippen molar-refractivity contribution < 1.29 is 0 Å². The molecule has 1 fully saturated rings. The topological polar surface area (TPSA) is 47.0 Å². The van der Waals surface area contributed by atoms with Crippen LogP contribution in [0.5, 0.6) is 0 Å². The molecule has 6 heteroatoms. The van der Waals surface area contributed by atoms with Crippen LogP contribution in [-0.4, -0.2) is 79.6 Å². The van der Waals surface area contributed by atoms with Crippen molar-refractivity contribution >= 4 is 11.8 Å². The van der Waals surface area contributed by atoms with E-state index in [1.807, 2.05) is 18.3 Å². The van der Waals surface area contributed by atoms with Gasteiger partial charge >= 0.3 is 0 Å². The van der Waals surface area contributed by atoms with Crippen molar-refractivity contribution in [2.24, 2.45) is 4.99 Å². The third kappa shape index (κ3) is 5.88. The number of aliphatic imine (C=N–C) groups is 1. The van der Waals surface area contributed by atoms with Crippen LogP contribution in [0.1, 0.15) is 27.2 Å². The summed E-state index contributed by atoms with van der Waals surface area (Å²) in [6.07, 6.45) is 3.04. The number of nitrogens with one attached hydrogen (secondary N) is 1. The first-order valence-corrected chi connectivity index (χ1v) is 9.55. The first kappa shape index (κ1) is 19.5. The fourth-order valence-corrected chi connectivity index (χ4v) is 2.96. The summed E-state index contributed by atoms with van der Waals surface area (Å²) in [5.74, 6) is 2.11. The molecule has 1 unspecified atom stereocenters. The Morgan fingerprint density at radius 2 is 2.04 bits per heavy atom. The van der Waals surface area contributed by atoms with E-state index >= 15 is 0 Å². The molecule has 2 rings (SSSR count). The number of nitrogens with zero attached hydrogens (tertiary/aromatic N) is 5. The van der Waals surface area contributed by atoms with Gasteiger partial charge in [-0.25, -0.2) is 4.98 Å². The van der Waals surface area contributed by atoms with Gasteiger partial charge in [0.05, 0.1) is 6.54 Å². The maximum atomic E-state index is 4.85. The maximum absolute atomic E-state index is 4.85. The molecule has 1 N–H and O–H groups in total. The molecule has 2 heterocycles. The summed E-state index contributed by atoms with van der Waals surface area (Å²) in [4.78, 5) is 16.4. The number of guanidine groups is 1. The number of pyridine rings is 1. The quantitative estimate of drug-likeness (QED) is 0.604. The molecule has 1 atom stereocenters. The Morgan fingerprint density at radius 1 is 1.28 bits per heavy atom. The van der Waals surface area contributed by atoms with E-state index in [0.29, 0.717) is 6.04 Å². The van der Waals surface area contributed by atoms with Gasteiger partial charge in [-0.3, -0.25) is 4.99 Å². The molecule has 0 saturated carbocycles. The summed E-state index contributed by atoms with van der Waals surface area (Å²) >= 11 is 0. The zero-order valence-corrected chi connectivity index (χ0v) is 16.3. The van der Waals surface area contributed by atoms with Gasteiger partial charge in [0.1, 0.15) is 5.82 Å². The van der Waals surface area contributed by atoms with Gasteiger partial charge in [-0.1, -0.05) is 13.0 Å². The van der Waals surface area contributed by atoms with E-state index in [1.54, 1.807) is 0 Å². The highest BCUT2D eigenvalue weighted by molar-refractivity contribution is 5.80. The number of aromatic nitrogens is 1. The lowest BCUT2D eigenvalue weighted by Gasteiger charge is -2.37. The molecule has 1 aromatic rings. The maximum Gasteiger partial charge on any atom is 0.194 e. The van der Waals surface area contributed by atoms with Gasteiger partial charge in [0.15, 0.2) is 5.96 Å². The fraction of sp³-hybridized carbons (Fsp3) is 0.684. The van der Waals surface area contributed by atoms with Crippen molar-refractivity contribution in [3.8, 4) is 0 Å². The van der Waals surface area contributed by atoms with E-state index in [4.69, 9.17) is 4.99 Å². The van der Waals surface area contributed by atoms with Crippen LogP contribution in [0, 0.1) is 0 Å². The van der Waals surface area contributed by atoms with Crippen LogP contribution in [0.25, 0.3) is 0 Å². The van der Waals surface area contributed by atoms with Gasteiger partial charge in [-0.15, -0.1) is 0 Å². The minimum atomic E-state index is 0.611. The van der Waals surface area contributed by atoms with Crippen LogP contribution >= 0.6 is 0 Å². The molecule has 140 valence electrons. The number of hydrogen-bond donors (Lipinski definition) is 1. The molecule has 0 amide bonds. The number of piperazine rings is 1. The SMILES string of the molecule is CCNC(=NCCN(C)C(C)CC)N1CCN(c2ccccn2)CC1. The molecule has 1 aliphatic rings. The Balaban J connectivity index is 1.87. The van der Waals surface area contributed by atoms with Crippen LogP contribution in [0.4, 0.5) is 5.82 Å². The largest absolute Gasteiger partial charge is 0.357 e. The van der Waals surface area contributed by atoms with Crippen LogP contribution in [0.2, 0.25) is 0 Å². The Kier molecular flexibility index (Phi) is 7.98. The Bertz CT molecular complexity index is 510. The summed E-state index contributed by atoms with van der Waals surface area (Å²) in [6, 6.07) is 6.71. The smallest absolute Gasteiger partial charge is 0.194 e. The van der Waals surface area contributed by atoms with E-state index in [2.05, 4.69) is 58.9 Å². The van der Waals surface area contributed by atoms with Crippen molar-refractivity contribution in [3.63, 3.8) is 0 Å². The Labute approximate surface area is 152 Å². The summed E-state index contributed by atoms with van der Waals surface area (Å²) in [5, 5.41) is 3.45. The third-order valence-corrected chi connectivity index (χ3v) is 4.94. The second-order valence-corrected chi connectivity index (χ2v) is 6.64. The number of likely N-dealkylation sites (N-methyl/N-ethyl adjacent to an activating group) is 1. The summed E-state index contributed by atoms with van der Waals surface area (Å²) in [7, 11) is 2.18. The molecule has 6 nitrogen and oxygen atoms in total. The monoisotopic (exact) mass is 346 g/mol. The standard InChI is InChI=1S/C19H34N6/c1-5-17(3)23(4)12-11-22-19(20-6-2)25-15-13-24(14-16-25)18-9-7-8-10-21-18/h7-10,17H,5-6,11-16H2,1-4H3,(H,20,22). The predicted molar refractivity (Wildman–Crippen MR) is 106 cm³/mol. The molecule has 1 saturated heterocycles. The van der Waals surface area contributed by atoms with Crippen LogP contribution in [-0.2, 0) is 0 Å². The van der Waals surface area contributed by atoms with Crippen molar-refractivity contribution in [1.29, 1.82) is 0 Å². The van der Waals surface area contributed by atoms with Crippen LogP contribution in [0.15, 0.2) is 29.4 Å². The van der Waals surface area contributed by atoms with Gasteiger partial charge in [0.25, 0.3) is 0 Å². The first-order chi connectivity index (χ1) is 12.2. The summed E-state index contributed by atoms with van der Waals surface area (Å²) in [6.45, 7) is 13.3. The molecule has 0 aliphatic carbocycles. The molecule has 1 aliphatic heterocycles. The minimum absolute atomic E-state index is 0.611. The second-order valence-electron chi connectivity index (χ2n) is 6.64. The number of hydrogen-bond acceptors (Lipinski definition) is 4. The molecular formula is C19H34N6. The van der Waals surface area contributed by atoms with E-state index in [0.717, 1.165) is 57.6 Å². The second kappa shape index (κ2) is 10.2. The van der Waals surface area contributed by atoms with E-state index in [-0.39, 0.29) is 0 Å². The Morgan fingerprint density at radius 3 is 2.64 bits per heavy atom. The number of rotatable bonds is 7. The highest BCUT2D eigenvalue weighted by Crippen LogP contribution is 2.12. The zero-order chi connectivity index (χ0) is 18.1. The lowest BCUT2D eigenvalue weighted by atomic mass is 10.2. The average molecular weight is 347 g/mol. The molecule has 0 aromatic carbocycles. The fourth-order valence-electron chi connectivity index (χ4n) is 2.96. The minimum Gasteiger partial charge on any atom is -0.357 e. The predicted octanol–water partition coefficient (Wildman–Crippen LogP) is 1.90. The highest BCUT2D eigenvalue weighted by atomic mass is 15.4. The summed E-state index contributed by atoms with van der Waals surface area (Å²) < 4.78 is 0. The molecule has 1 aromatic heterocycles. The van der Waals surface area contributed by atoms with Gasteiger partial charge in [-0.05, 0) is 39.4 Å². The average Bonchev–Trinajstić information content (AvgIpc) is 2.67. The van der Waals surface area contributed by atoms with E-state index < -0.39 is 0 Å². The van der Waals surface area contributed by atoms with Gasteiger partial charge in [0, 0.05) is 51.5 Å². The van der Waals surface area contributed by atoms with Crippen molar-refractivity contribution in [1.82, 2.24) is 20.1 Å². The molecule has 0 radical (unpaired) electrons. The van der Waals surface area contributed by atoms with Crippen molar-refractivity contribution in [2.45, 2.75) is 33.2 Å². The van der Waals surface area contributed by atoms with Crippen LogP contribution < -0.4 is 10.2 Å². The summed E-state index contributed by atoms with van der Waals surface area (Å²) in [5.41, 5.74) is 0. The van der Waals surface area contributed by atoms with Gasteiger partial charge < -0.3 is 20.0 Å². The van der Waals surface area contributed by atoms with Gasteiger partial charge in [-0.2, -0.15) is 0 Å². The van der Waals surface area contributed by atoms with E-state index in [1.165, 1.54) is 6.42 Å². The zero-order valence-electron chi connectivity index (χ0n) is 16.3. The number of anilines is 1. The highest BCUT2D eigenvalue weighted by Gasteiger charge is 2.20. The van der Waals surface area contributed by atoms with Crippen molar-refractivity contribution in [3.05, 3.63) is 24.4 Å².